The van der Waals surface area contributed by atoms with Gasteiger partial charge >= 0.3 is 5.97 Å². The van der Waals surface area contributed by atoms with Crippen LogP contribution in [0.15, 0.2) is 23.1 Å². The molecule has 0 saturated carbocycles. The third-order valence-electron chi connectivity index (χ3n) is 4.75. The van der Waals surface area contributed by atoms with Gasteiger partial charge in [-0.3, -0.25) is 4.79 Å². The van der Waals surface area contributed by atoms with Gasteiger partial charge in [0.1, 0.15) is 18.5 Å². The third kappa shape index (κ3) is 5.62. The largest absolute Gasteiger partial charge is 0.456 e. The number of rotatable bonds is 8. The molecule has 0 fully saturated rings. The number of hydrogen-bond acceptors (Lipinski definition) is 6. The zero-order valence-electron chi connectivity index (χ0n) is 19.2. The average Bonchev–Trinajstić information content (AvgIpc) is 3.02. The van der Waals surface area contributed by atoms with Gasteiger partial charge in [0, 0.05) is 26.1 Å². The summed E-state index contributed by atoms with van der Waals surface area (Å²) in [6, 6.07) is 3.98. The normalized spacial score (nSPS) is 13.4. The zero-order valence-corrected chi connectivity index (χ0v) is 20.0. The third-order valence-corrected chi connectivity index (χ3v) is 6.56. The van der Waals surface area contributed by atoms with Crippen LogP contribution in [0.4, 0.5) is 0 Å². The molecule has 1 N–H and O–H groups in total. The first-order valence-corrected chi connectivity index (χ1v) is 11.6. The number of nitrogens with zero attached hydrogens (tertiary/aromatic N) is 3. The SMILES string of the molecule is CCCn1c(COC(=O)[C@H](C)NC(=O)C(C)(C)C)nc2cc(S(=O)(=O)N(C)C)ccc21. The number of fused-ring (bicyclic) bond motifs is 1. The average molecular weight is 453 g/mol. The number of carbonyl (C=O) groups excluding carboxylic acids is 2. The fraction of sp³-hybridized carbons (Fsp3) is 0.571. The van der Waals surface area contributed by atoms with Gasteiger partial charge in [0.25, 0.3) is 0 Å². The maximum atomic E-state index is 12.4. The van der Waals surface area contributed by atoms with Gasteiger partial charge in [-0.25, -0.2) is 22.5 Å². The molecule has 1 heterocycles. The molecule has 0 unspecified atom stereocenters. The minimum absolute atomic E-state index is 0.0843. The van der Waals surface area contributed by atoms with Crippen molar-refractivity contribution in [3.05, 3.63) is 24.0 Å². The Morgan fingerprint density at radius 3 is 2.45 bits per heavy atom. The lowest BCUT2D eigenvalue weighted by Crippen LogP contribution is -2.44. The first-order chi connectivity index (χ1) is 14.3. The Kier molecular flexibility index (Phi) is 7.48. The summed E-state index contributed by atoms with van der Waals surface area (Å²) in [5.74, 6) is -0.299. The summed E-state index contributed by atoms with van der Waals surface area (Å²) < 4.78 is 33.3. The van der Waals surface area contributed by atoms with E-state index in [-0.39, 0.29) is 17.4 Å². The molecule has 1 atom stereocenters. The van der Waals surface area contributed by atoms with Crippen molar-refractivity contribution in [2.45, 2.75) is 65.1 Å². The van der Waals surface area contributed by atoms with E-state index in [9.17, 15) is 18.0 Å². The Morgan fingerprint density at radius 2 is 1.90 bits per heavy atom. The van der Waals surface area contributed by atoms with Crippen LogP contribution in [0.25, 0.3) is 11.0 Å². The topological polar surface area (TPSA) is 111 Å². The molecule has 0 aliphatic heterocycles. The molecule has 0 aliphatic carbocycles. The van der Waals surface area contributed by atoms with Crippen LogP contribution in [-0.4, -0.2) is 54.3 Å². The number of carbonyl (C=O) groups is 2. The molecule has 0 spiro atoms. The molecule has 1 amide bonds. The molecule has 0 bridgehead atoms. The fourth-order valence-corrected chi connectivity index (χ4v) is 3.77. The Labute approximate surface area is 183 Å². The maximum Gasteiger partial charge on any atom is 0.328 e. The Balaban J connectivity index is 2.25. The summed E-state index contributed by atoms with van der Waals surface area (Å²) in [5, 5.41) is 2.64. The number of ether oxygens (including phenoxy) is 1. The molecule has 10 heteroatoms. The molecule has 0 aliphatic rings. The second-order valence-corrected chi connectivity index (χ2v) is 10.8. The summed E-state index contributed by atoms with van der Waals surface area (Å²) in [6.45, 7) is 9.42. The number of sulfonamides is 1. The predicted octanol–water partition coefficient (Wildman–Crippen LogP) is 2.29. The van der Waals surface area contributed by atoms with Crippen molar-refractivity contribution in [3.8, 4) is 0 Å². The number of aryl methyl sites for hydroxylation is 1. The molecule has 0 radical (unpaired) electrons. The van der Waals surface area contributed by atoms with E-state index in [1.54, 1.807) is 39.8 Å². The van der Waals surface area contributed by atoms with Crippen LogP contribution in [0.5, 0.6) is 0 Å². The number of amides is 1. The van der Waals surface area contributed by atoms with E-state index in [4.69, 9.17) is 4.74 Å². The van der Waals surface area contributed by atoms with Crippen LogP contribution < -0.4 is 5.32 Å². The fourth-order valence-electron chi connectivity index (χ4n) is 2.85. The summed E-state index contributed by atoms with van der Waals surface area (Å²) >= 11 is 0. The molecule has 1 aromatic carbocycles. The standard InChI is InChI=1S/C21H32N4O5S/c1-8-11-25-17-10-9-15(31(28,29)24(6)7)12-16(17)23-18(25)13-30-19(26)14(2)22-20(27)21(3,4)5/h9-10,12,14H,8,11,13H2,1-7H3,(H,22,27)/t14-/m0/s1. The molecule has 9 nitrogen and oxygen atoms in total. The predicted molar refractivity (Wildman–Crippen MR) is 118 cm³/mol. The number of nitrogens with one attached hydrogen (secondary N) is 1. The van der Waals surface area contributed by atoms with Crippen LogP contribution in [0, 0.1) is 5.41 Å². The molecule has 172 valence electrons. The van der Waals surface area contributed by atoms with E-state index < -0.39 is 27.4 Å². The van der Waals surface area contributed by atoms with Crippen LogP contribution in [-0.2, 0) is 37.5 Å². The number of imidazole rings is 1. The van der Waals surface area contributed by atoms with E-state index in [2.05, 4.69) is 10.3 Å². The van der Waals surface area contributed by atoms with Crippen LogP contribution in [0.2, 0.25) is 0 Å². The first-order valence-electron chi connectivity index (χ1n) is 10.2. The van der Waals surface area contributed by atoms with Crippen molar-refractivity contribution in [2.24, 2.45) is 5.41 Å². The lowest BCUT2D eigenvalue weighted by atomic mass is 9.95. The molecule has 1 aromatic heterocycles. The quantitative estimate of drug-likeness (QED) is 0.615. The highest BCUT2D eigenvalue weighted by Gasteiger charge is 2.26. The van der Waals surface area contributed by atoms with Crippen molar-refractivity contribution in [1.82, 2.24) is 19.2 Å². The van der Waals surface area contributed by atoms with Crippen LogP contribution in [0.3, 0.4) is 0 Å². The van der Waals surface area contributed by atoms with Crippen molar-refractivity contribution in [3.63, 3.8) is 0 Å². The van der Waals surface area contributed by atoms with Crippen molar-refractivity contribution < 1.29 is 22.7 Å². The van der Waals surface area contributed by atoms with Gasteiger partial charge in [-0.1, -0.05) is 27.7 Å². The van der Waals surface area contributed by atoms with Crippen LogP contribution in [0.1, 0.15) is 46.9 Å². The minimum Gasteiger partial charge on any atom is -0.456 e. The second kappa shape index (κ2) is 9.35. The summed E-state index contributed by atoms with van der Waals surface area (Å²) in [6.07, 6.45) is 0.822. The number of esters is 1. The Hall–Kier alpha value is -2.46. The molecule has 0 saturated heterocycles. The van der Waals surface area contributed by atoms with E-state index >= 15 is 0 Å². The Morgan fingerprint density at radius 1 is 1.26 bits per heavy atom. The molecule has 2 rings (SSSR count). The summed E-state index contributed by atoms with van der Waals surface area (Å²) in [4.78, 5) is 29.1. The van der Waals surface area contributed by atoms with Gasteiger partial charge in [-0.15, -0.1) is 0 Å². The number of aromatic nitrogens is 2. The lowest BCUT2D eigenvalue weighted by Gasteiger charge is -2.21. The van der Waals surface area contributed by atoms with E-state index in [0.29, 0.717) is 17.9 Å². The van der Waals surface area contributed by atoms with Gasteiger partial charge < -0.3 is 14.6 Å². The lowest BCUT2D eigenvalue weighted by molar-refractivity contribution is -0.149. The van der Waals surface area contributed by atoms with E-state index in [1.807, 2.05) is 11.5 Å². The van der Waals surface area contributed by atoms with E-state index in [1.165, 1.54) is 20.2 Å². The summed E-state index contributed by atoms with van der Waals surface area (Å²) in [5.41, 5.74) is 0.657. The highest BCUT2D eigenvalue weighted by Crippen LogP contribution is 2.23. The van der Waals surface area contributed by atoms with Gasteiger partial charge in [0.15, 0.2) is 0 Å². The van der Waals surface area contributed by atoms with Crippen LogP contribution >= 0.6 is 0 Å². The van der Waals surface area contributed by atoms with Crippen molar-refractivity contribution >= 4 is 32.9 Å². The minimum atomic E-state index is -3.59. The summed E-state index contributed by atoms with van der Waals surface area (Å²) in [7, 11) is -0.643. The Bertz CT molecular complexity index is 1070. The first kappa shape index (κ1) is 24.8. The van der Waals surface area contributed by atoms with Gasteiger partial charge in [-0.05, 0) is 31.5 Å². The van der Waals surface area contributed by atoms with E-state index in [0.717, 1.165) is 16.2 Å². The zero-order chi connectivity index (χ0) is 23.6. The second-order valence-electron chi connectivity index (χ2n) is 8.67. The van der Waals surface area contributed by atoms with Gasteiger partial charge in [0.05, 0.1) is 15.9 Å². The van der Waals surface area contributed by atoms with Crippen molar-refractivity contribution in [2.75, 3.05) is 14.1 Å². The molecule has 2 aromatic rings. The molecular weight excluding hydrogens is 420 g/mol. The highest BCUT2D eigenvalue weighted by molar-refractivity contribution is 7.89. The van der Waals surface area contributed by atoms with Crippen molar-refractivity contribution in [1.29, 1.82) is 0 Å². The number of hydrogen-bond donors (Lipinski definition) is 1. The molecular formula is C21H32N4O5S. The molecule has 31 heavy (non-hydrogen) atoms. The van der Waals surface area contributed by atoms with Gasteiger partial charge in [-0.2, -0.15) is 0 Å². The maximum absolute atomic E-state index is 12.4. The number of benzene rings is 1. The van der Waals surface area contributed by atoms with Gasteiger partial charge in [0.2, 0.25) is 15.9 Å². The monoisotopic (exact) mass is 452 g/mol. The smallest absolute Gasteiger partial charge is 0.328 e. The highest BCUT2D eigenvalue weighted by atomic mass is 32.2.